The smallest absolute Gasteiger partial charge is 0.409 e. The second kappa shape index (κ2) is 7.98. The molecule has 1 atom stereocenters. The van der Waals surface area contributed by atoms with Gasteiger partial charge in [-0.05, 0) is 31.6 Å². The van der Waals surface area contributed by atoms with Crippen LogP contribution in [0.15, 0.2) is 12.3 Å². The standard InChI is InChI=1S/C13H23NO3/c1-2-3-10-17-13(16)14-8-7-12(11-14)6-4-5-9-15/h5,9,12,15H,2-4,6-8,10-11H2,1H3. The molecule has 0 aliphatic carbocycles. The first kappa shape index (κ1) is 13.9. The van der Waals surface area contributed by atoms with E-state index < -0.39 is 0 Å². The fourth-order valence-electron chi connectivity index (χ4n) is 2.04. The van der Waals surface area contributed by atoms with Gasteiger partial charge in [0.05, 0.1) is 12.9 Å². The van der Waals surface area contributed by atoms with E-state index in [-0.39, 0.29) is 6.09 Å². The highest BCUT2D eigenvalue weighted by Gasteiger charge is 2.26. The Morgan fingerprint density at radius 3 is 3.12 bits per heavy atom. The van der Waals surface area contributed by atoms with Crippen LogP contribution >= 0.6 is 0 Å². The summed E-state index contributed by atoms with van der Waals surface area (Å²) in [7, 11) is 0. The molecule has 0 bridgehead atoms. The van der Waals surface area contributed by atoms with Gasteiger partial charge in [-0.3, -0.25) is 0 Å². The monoisotopic (exact) mass is 241 g/mol. The highest BCUT2D eigenvalue weighted by molar-refractivity contribution is 5.67. The number of rotatable bonds is 6. The molecular weight excluding hydrogens is 218 g/mol. The predicted octanol–water partition coefficient (Wildman–Crippen LogP) is 3.10. The summed E-state index contributed by atoms with van der Waals surface area (Å²) in [6.45, 7) is 4.21. The molecule has 1 aliphatic rings. The molecule has 4 heteroatoms. The second-order valence-electron chi connectivity index (χ2n) is 4.53. The van der Waals surface area contributed by atoms with Gasteiger partial charge in [0.15, 0.2) is 0 Å². The fourth-order valence-corrected chi connectivity index (χ4v) is 2.04. The fraction of sp³-hybridized carbons (Fsp3) is 0.769. The lowest BCUT2D eigenvalue weighted by molar-refractivity contribution is 0.108. The van der Waals surface area contributed by atoms with Crippen LogP contribution in [0, 0.1) is 5.92 Å². The second-order valence-corrected chi connectivity index (χ2v) is 4.53. The third-order valence-electron chi connectivity index (χ3n) is 3.11. The van der Waals surface area contributed by atoms with Crippen molar-refractivity contribution in [3.8, 4) is 0 Å². The lowest BCUT2D eigenvalue weighted by Gasteiger charge is -2.16. The van der Waals surface area contributed by atoms with E-state index in [1.165, 1.54) is 0 Å². The van der Waals surface area contributed by atoms with Gasteiger partial charge in [-0.2, -0.15) is 0 Å². The summed E-state index contributed by atoms with van der Waals surface area (Å²) in [5.74, 6) is 0.546. The molecule has 1 N–H and O–H groups in total. The van der Waals surface area contributed by atoms with Crippen LogP contribution < -0.4 is 0 Å². The number of unbranched alkanes of at least 4 members (excludes halogenated alkanes) is 1. The number of carbonyl (C=O) groups excluding carboxylic acids is 1. The first-order chi connectivity index (χ1) is 8.27. The molecule has 1 saturated heterocycles. The first-order valence-electron chi connectivity index (χ1n) is 6.48. The number of likely N-dealkylation sites (tertiary alicyclic amines) is 1. The number of amides is 1. The molecule has 1 rings (SSSR count). The summed E-state index contributed by atoms with van der Waals surface area (Å²) in [5.41, 5.74) is 0. The number of allylic oxidation sites excluding steroid dienone is 1. The number of ether oxygens (including phenoxy) is 1. The Labute approximate surface area is 103 Å². The Hall–Kier alpha value is -1.19. The maximum Gasteiger partial charge on any atom is 0.409 e. The van der Waals surface area contributed by atoms with Crippen molar-refractivity contribution in [2.45, 2.75) is 39.0 Å². The van der Waals surface area contributed by atoms with Crippen molar-refractivity contribution in [2.24, 2.45) is 5.92 Å². The number of aliphatic hydroxyl groups excluding tert-OH is 1. The minimum Gasteiger partial charge on any atom is -0.516 e. The molecule has 0 aromatic rings. The number of aliphatic hydroxyl groups is 1. The van der Waals surface area contributed by atoms with Crippen molar-refractivity contribution in [3.05, 3.63) is 12.3 Å². The van der Waals surface area contributed by atoms with Gasteiger partial charge in [-0.1, -0.05) is 19.4 Å². The van der Waals surface area contributed by atoms with Crippen LogP contribution in [-0.4, -0.2) is 35.8 Å². The molecule has 98 valence electrons. The normalized spacial score (nSPS) is 20.1. The van der Waals surface area contributed by atoms with E-state index in [9.17, 15) is 4.79 Å². The number of hydrogen-bond acceptors (Lipinski definition) is 3. The Morgan fingerprint density at radius 1 is 1.59 bits per heavy atom. The number of carbonyl (C=O) groups is 1. The molecule has 1 fully saturated rings. The van der Waals surface area contributed by atoms with Gasteiger partial charge in [0.1, 0.15) is 0 Å². The molecule has 1 heterocycles. The minimum atomic E-state index is -0.168. The van der Waals surface area contributed by atoms with Crippen LogP contribution in [0.25, 0.3) is 0 Å². The topological polar surface area (TPSA) is 49.8 Å². The first-order valence-corrected chi connectivity index (χ1v) is 6.48. The highest BCUT2D eigenvalue weighted by Crippen LogP contribution is 2.21. The summed E-state index contributed by atoms with van der Waals surface area (Å²) in [6.07, 6.45) is 7.60. The van der Waals surface area contributed by atoms with E-state index in [0.29, 0.717) is 12.5 Å². The summed E-state index contributed by atoms with van der Waals surface area (Å²) in [5, 5.41) is 8.54. The molecule has 0 spiro atoms. The lowest BCUT2D eigenvalue weighted by atomic mass is 10.0. The quantitative estimate of drug-likeness (QED) is 0.574. The Morgan fingerprint density at radius 2 is 2.41 bits per heavy atom. The predicted molar refractivity (Wildman–Crippen MR) is 66.9 cm³/mol. The number of nitrogens with zero attached hydrogens (tertiary/aromatic N) is 1. The Bertz CT molecular complexity index is 253. The van der Waals surface area contributed by atoms with Crippen LogP contribution in [0.2, 0.25) is 0 Å². The molecule has 17 heavy (non-hydrogen) atoms. The van der Waals surface area contributed by atoms with Crippen molar-refractivity contribution in [3.63, 3.8) is 0 Å². The average molecular weight is 241 g/mol. The largest absolute Gasteiger partial charge is 0.516 e. The Kier molecular flexibility index (Phi) is 6.51. The zero-order valence-corrected chi connectivity index (χ0v) is 10.6. The molecule has 1 unspecified atom stereocenters. The van der Waals surface area contributed by atoms with Crippen LogP contribution in [0.1, 0.15) is 39.0 Å². The van der Waals surface area contributed by atoms with Gasteiger partial charge < -0.3 is 14.7 Å². The highest BCUT2D eigenvalue weighted by atomic mass is 16.6. The maximum atomic E-state index is 11.6. The van der Waals surface area contributed by atoms with Crippen LogP contribution in [-0.2, 0) is 4.74 Å². The van der Waals surface area contributed by atoms with Gasteiger partial charge in [0, 0.05) is 13.1 Å². The van der Waals surface area contributed by atoms with E-state index in [1.54, 1.807) is 11.0 Å². The van der Waals surface area contributed by atoms with Crippen LogP contribution in [0.3, 0.4) is 0 Å². The van der Waals surface area contributed by atoms with Gasteiger partial charge >= 0.3 is 6.09 Å². The molecular formula is C13H23NO3. The molecule has 4 nitrogen and oxygen atoms in total. The summed E-state index contributed by atoms with van der Waals surface area (Å²) >= 11 is 0. The SMILES string of the molecule is CCCCOC(=O)N1CCC(CCC=CO)C1. The van der Waals surface area contributed by atoms with Crippen LogP contribution in [0.4, 0.5) is 4.79 Å². The van der Waals surface area contributed by atoms with Crippen molar-refractivity contribution in [2.75, 3.05) is 19.7 Å². The van der Waals surface area contributed by atoms with Crippen LogP contribution in [0.5, 0.6) is 0 Å². The Balaban J connectivity index is 2.17. The third-order valence-corrected chi connectivity index (χ3v) is 3.11. The van der Waals surface area contributed by atoms with Crippen molar-refractivity contribution in [1.29, 1.82) is 0 Å². The van der Waals surface area contributed by atoms with Gasteiger partial charge in [0.25, 0.3) is 0 Å². The van der Waals surface area contributed by atoms with Crippen molar-refractivity contribution >= 4 is 6.09 Å². The van der Waals surface area contributed by atoms with E-state index in [0.717, 1.165) is 51.5 Å². The summed E-state index contributed by atoms with van der Waals surface area (Å²) < 4.78 is 5.17. The molecule has 0 saturated carbocycles. The zero-order valence-electron chi connectivity index (χ0n) is 10.6. The molecule has 1 aliphatic heterocycles. The van der Waals surface area contributed by atoms with E-state index >= 15 is 0 Å². The molecule has 0 aromatic carbocycles. The molecule has 1 amide bonds. The van der Waals surface area contributed by atoms with Gasteiger partial charge in [-0.25, -0.2) is 4.79 Å². The maximum absolute atomic E-state index is 11.6. The van der Waals surface area contributed by atoms with E-state index in [1.807, 2.05) is 0 Å². The van der Waals surface area contributed by atoms with E-state index in [4.69, 9.17) is 9.84 Å². The third kappa shape index (κ3) is 5.11. The molecule has 0 radical (unpaired) electrons. The van der Waals surface area contributed by atoms with Crippen molar-refractivity contribution in [1.82, 2.24) is 4.90 Å². The lowest BCUT2D eigenvalue weighted by Crippen LogP contribution is -2.29. The summed E-state index contributed by atoms with van der Waals surface area (Å²) in [6, 6.07) is 0. The van der Waals surface area contributed by atoms with Crippen molar-refractivity contribution < 1.29 is 14.6 Å². The number of hydrogen-bond donors (Lipinski definition) is 1. The zero-order chi connectivity index (χ0) is 12.5. The average Bonchev–Trinajstić information content (AvgIpc) is 2.78. The van der Waals surface area contributed by atoms with Gasteiger partial charge in [0.2, 0.25) is 0 Å². The molecule has 0 aromatic heterocycles. The summed E-state index contributed by atoms with van der Waals surface area (Å²) in [4.78, 5) is 13.4. The minimum absolute atomic E-state index is 0.168. The van der Waals surface area contributed by atoms with Gasteiger partial charge in [-0.15, -0.1) is 0 Å². The van der Waals surface area contributed by atoms with E-state index in [2.05, 4.69) is 6.92 Å².